The van der Waals surface area contributed by atoms with Gasteiger partial charge in [0.05, 0.1) is 36.6 Å². The van der Waals surface area contributed by atoms with Crippen LogP contribution in [0, 0.1) is 13.8 Å². The zero-order chi connectivity index (χ0) is 19.8. The molecule has 7 nitrogen and oxygen atoms in total. The van der Waals surface area contributed by atoms with Crippen LogP contribution in [0.4, 0.5) is 5.69 Å². The second-order valence-electron chi connectivity index (χ2n) is 6.01. The minimum Gasteiger partial charge on any atom is -0.495 e. The summed E-state index contributed by atoms with van der Waals surface area (Å²) in [6, 6.07) is 5.65. The monoisotopic (exact) mass is 517 g/mol. The van der Waals surface area contributed by atoms with E-state index in [-0.39, 0.29) is 29.9 Å². The SMILES string of the molecule is CCNC(=NCc1ccc(OC)c(NC(C)=O)c1)NCc1sc(C)nc1C.I. The predicted octanol–water partition coefficient (Wildman–Crippen LogP) is 3.60. The highest BCUT2D eigenvalue weighted by molar-refractivity contribution is 14.0. The highest BCUT2D eigenvalue weighted by Gasteiger charge is 2.08. The Hall–Kier alpha value is -1.88. The summed E-state index contributed by atoms with van der Waals surface area (Å²) in [5.74, 6) is 1.22. The number of halogens is 1. The molecule has 0 atom stereocenters. The van der Waals surface area contributed by atoms with Crippen LogP contribution in [0.5, 0.6) is 5.75 Å². The fourth-order valence-electron chi connectivity index (χ4n) is 2.55. The van der Waals surface area contributed by atoms with Crippen LogP contribution in [0.3, 0.4) is 0 Å². The van der Waals surface area contributed by atoms with Gasteiger partial charge in [-0.1, -0.05) is 6.07 Å². The van der Waals surface area contributed by atoms with Crippen molar-refractivity contribution in [2.45, 2.75) is 40.8 Å². The van der Waals surface area contributed by atoms with Gasteiger partial charge in [0.1, 0.15) is 5.75 Å². The van der Waals surface area contributed by atoms with Gasteiger partial charge in [-0.25, -0.2) is 9.98 Å². The van der Waals surface area contributed by atoms with Crippen molar-refractivity contribution in [3.8, 4) is 5.75 Å². The maximum Gasteiger partial charge on any atom is 0.221 e. The van der Waals surface area contributed by atoms with Crippen molar-refractivity contribution in [3.63, 3.8) is 0 Å². The Bertz CT molecular complexity index is 823. The first kappa shape index (κ1) is 24.2. The van der Waals surface area contributed by atoms with Crippen LogP contribution in [0.15, 0.2) is 23.2 Å². The average Bonchev–Trinajstić information content (AvgIpc) is 2.94. The van der Waals surface area contributed by atoms with Crippen LogP contribution in [-0.2, 0) is 17.9 Å². The lowest BCUT2D eigenvalue weighted by Crippen LogP contribution is -2.36. The topological polar surface area (TPSA) is 87.6 Å². The number of carbonyl (C=O) groups is 1. The van der Waals surface area contributed by atoms with Crippen LogP contribution < -0.4 is 20.7 Å². The molecule has 1 amide bonds. The molecule has 0 saturated carbocycles. The number of methoxy groups -OCH3 is 1. The van der Waals surface area contributed by atoms with E-state index in [1.165, 1.54) is 11.8 Å². The van der Waals surface area contributed by atoms with Gasteiger partial charge in [0.2, 0.25) is 5.91 Å². The fourth-order valence-corrected chi connectivity index (χ4v) is 3.43. The molecule has 0 fully saturated rings. The zero-order valence-electron chi connectivity index (χ0n) is 16.9. The number of nitrogens with zero attached hydrogens (tertiary/aromatic N) is 2. The second-order valence-corrected chi connectivity index (χ2v) is 7.29. The number of anilines is 1. The number of aryl methyl sites for hydroxylation is 2. The molecule has 0 aliphatic heterocycles. The van der Waals surface area contributed by atoms with Gasteiger partial charge in [-0.05, 0) is 38.5 Å². The highest BCUT2D eigenvalue weighted by atomic mass is 127. The third-order valence-electron chi connectivity index (χ3n) is 3.75. The number of aliphatic imine (C=N–C) groups is 1. The maximum absolute atomic E-state index is 11.4. The third kappa shape index (κ3) is 7.27. The van der Waals surface area contributed by atoms with Gasteiger partial charge in [0, 0.05) is 18.3 Å². The van der Waals surface area contributed by atoms with Crippen molar-refractivity contribution in [2.75, 3.05) is 19.0 Å². The van der Waals surface area contributed by atoms with Crippen molar-refractivity contribution < 1.29 is 9.53 Å². The van der Waals surface area contributed by atoms with Crippen LogP contribution in [0.25, 0.3) is 0 Å². The predicted molar refractivity (Wildman–Crippen MR) is 126 cm³/mol. The molecule has 0 unspecified atom stereocenters. The molecular formula is C19H28IN5O2S. The van der Waals surface area contributed by atoms with E-state index in [0.717, 1.165) is 28.8 Å². The molecule has 9 heteroatoms. The number of benzene rings is 1. The van der Waals surface area contributed by atoms with E-state index >= 15 is 0 Å². The van der Waals surface area contributed by atoms with Gasteiger partial charge in [-0.2, -0.15) is 0 Å². The Balaban J connectivity index is 0.00000392. The van der Waals surface area contributed by atoms with Crippen molar-refractivity contribution in [1.29, 1.82) is 0 Å². The van der Waals surface area contributed by atoms with Crippen molar-refractivity contribution in [3.05, 3.63) is 39.3 Å². The summed E-state index contributed by atoms with van der Waals surface area (Å²) in [5.41, 5.74) is 2.67. The Morgan fingerprint density at radius 3 is 2.61 bits per heavy atom. The Labute approximate surface area is 187 Å². The maximum atomic E-state index is 11.4. The Morgan fingerprint density at radius 1 is 1.29 bits per heavy atom. The minimum absolute atomic E-state index is 0. The summed E-state index contributed by atoms with van der Waals surface area (Å²) in [6.45, 7) is 9.46. The number of carbonyl (C=O) groups excluding carboxylic acids is 1. The number of thiazole rings is 1. The first-order valence-corrected chi connectivity index (χ1v) is 9.64. The van der Waals surface area contributed by atoms with Crippen LogP contribution in [-0.4, -0.2) is 30.5 Å². The van der Waals surface area contributed by atoms with Crippen molar-refractivity contribution in [2.24, 2.45) is 4.99 Å². The molecule has 0 aliphatic carbocycles. The van der Waals surface area contributed by atoms with E-state index in [9.17, 15) is 4.79 Å². The lowest BCUT2D eigenvalue weighted by atomic mass is 10.2. The Kier molecular flexibility index (Phi) is 10.2. The summed E-state index contributed by atoms with van der Waals surface area (Å²) >= 11 is 1.69. The smallest absolute Gasteiger partial charge is 0.221 e. The molecule has 3 N–H and O–H groups in total. The van der Waals surface area contributed by atoms with Gasteiger partial charge in [0.25, 0.3) is 0 Å². The van der Waals surface area contributed by atoms with E-state index in [1.807, 2.05) is 39.0 Å². The number of ether oxygens (including phenoxy) is 1. The Morgan fingerprint density at radius 2 is 2.04 bits per heavy atom. The molecule has 154 valence electrons. The molecule has 0 spiro atoms. The van der Waals surface area contributed by atoms with Gasteiger partial charge >= 0.3 is 0 Å². The molecule has 2 rings (SSSR count). The van der Waals surface area contributed by atoms with Crippen LogP contribution in [0.1, 0.15) is 35.0 Å². The number of guanidine groups is 1. The molecular weight excluding hydrogens is 489 g/mol. The van der Waals surface area contributed by atoms with E-state index in [4.69, 9.17) is 4.74 Å². The fraction of sp³-hybridized carbons (Fsp3) is 0.421. The molecule has 1 aromatic carbocycles. The quantitative estimate of drug-likeness (QED) is 0.297. The van der Waals surface area contributed by atoms with E-state index < -0.39 is 0 Å². The largest absolute Gasteiger partial charge is 0.495 e. The van der Waals surface area contributed by atoms with Gasteiger partial charge in [-0.3, -0.25) is 4.79 Å². The van der Waals surface area contributed by atoms with Gasteiger partial charge < -0.3 is 20.7 Å². The molecule has 0 radical (unpaired) electrons. The van der Waals surface area contributed by atoms with Crippen LogP contribution >= 0.6 is 35.3 Å². The lowest BCUT2D eigenvalue weighted by Gasteiger charge is -2.12. The summed E-state index contributed by atoms with van der Waals surface area (Å²) in [6.07, 6.45) is 0. The standard InChI is InChI=1S/C19H27N5O2S.HI/c1-6-20-19(22-11-18-12(2)23-14(4)27-18)21-10-15-7-8-17(26-5)16(9-15)24-13(3)25;/h7-9H,6,10-11H2,1-5H3,(H,24,25)(H2,20,21,22);1H. The van der Waals surface area contributed by atoms with E-state index in [0.29, 0.717) is 24.5 Å². The van der Waals surface area contributed by atoms with Gasteiger partial charge in [0.15, 0.2) is 5.96 Å². The normalized spacial score (nSPS) is 10.8. The van der Waals surface area contributed by atoms with E-state index in [1.54, 1.807) is 18.4 Å². The average molecular weight is 517 g/mol. The minimum atomic E-state index is -0.140. The number of aromatic nitrogens is 1. The number of hydrogen-bond donors (Lipinski definition) is 3. The number of nitrogens with one attached hydrogen (secondary N) is 3. The summed E-state index contributed by atoms with van der Waals surface area (Å²) in [7, 11) is 1.58. The summed E-state index contributed by atoms with van der Waals surface area (Å²) in [4.78, 5) is 21.7. The molecule has 28 heavy (non-hydrogen) atoms. The third-order valence-corrected chi connectivity index (χ3v) is 4.83. The molecule has 2 aromatic rings. The van der Waals surface area contributed by atoms with Crippen molar-refractivity contribution in [1.82, 2.24) is 15.6 Å². The summed E-state index contributed by atoms with van der Waals surface area (Å²) < 4.78 is 5.29. The molecule has 0 aliphatic rings. The van der Waals surface area contributed by atoms with Crippen molar-refractivity contribution >= 4 is 52.9 Å². The van der Waals surface area contributed by atoms with Crippen LogP contribution in [0.2, 0.25) is 0 Å². The lowest BCUT2D eigenvalue weighted by molar-refractivity contribution is -0.114. The zero-order valence-corrected chi connectivity index (χ0v) is 20.0. The molecule has 1 heterocycles. The molecule has 0 saturated heterocycles. The van der Waals surface area contributed by atoms with Gasteiger partial charge in [-0.15, -0.1) is 35.3 Å². The first-order valence-electron chi connectivity index (χ1n) is 8.82. The number of hydrogen-bond acceptors (Lipinski definition) is 5. The number of amides is 1. The number of rotatable bonds is 7. The molecule has 0 bridgehead atoms. The highest BCUT2D eigenvalue weighted by Crippen LogP contribution is 2.25. The molecule has 1 aromatic heterocycles. The first-order chi connectivity index (χ1) is 12.9. The second kappa shape index (κ2) is 11.8. The van der Waals surface area contributed by atoms with E-state index in [2.05, 4.69) is 25.9 Å². The summed E-state index contributed by atoms with van der Waals surface area (Å²) in [5, 5.41) is 10.4.